The SMILES string of the molecule is CCN(CCO)C(=O)CCCCC1CCSS1. The van der Waals surface area contributed by atoms with Crippen molar-refractivity contribution in [2.24, 2.45) is 0 Å². The molecule has 1 N–H and O–H groups in total. The lowest BCUT2D eigenvalue weighted by molar-refractivity contribution is -0.131. The highest BCUT2D eigenvalue weighted by Crippen LogP contribution is 2.39. The normalized spacial score (nSPS) is 19.5. The molecule has 1 atom stereocenters. The van der Waals surface area contributed by atoms with Gasteiger partial charge in [0.25, 0.3) is 0 Å². The second-order valence-electron chi connectivity index (χ2n) is 4.27. The summed E-state index contributed by atoms with van der Waals surface area (Å²) >= 11 is 0. The zero-order chi connectivity index (χ0) is 12.5. The largest absolute Gasteiger partial charge is 0.395 e. The molecule has 17 heavy (non-hydrogen) atoms. The molecule has 100 valence electrons. The van der Waals surface area contributed by atoms with Gasteiger partial charge in [0.15, 0.2) is 0 Å². The number of nitrogens with zero attached hydrogens (tertiary/aromatic N) is 1. The van der Waals surface area contributed by atoms with Gasteiger partial charge in [0.2, 0.25) is 5.91 Å². The van der Waals surface area contributed by atoms with E-state index in [1.54, 1.807) is 4.90 Å². The van der Waals surface area contributed by atoms with Crippen LogP contribution in [0.15, 0.2) is 0 Å². The fourth-order valence-corrected chi connectivity index (χ4v) is 4.98. The highest BCUT2D eigenvalue weighted by atomic mass is 33.1. The van der Waals surface area contributed by atoms with Crippen LogP contribution in [0, 0.1) is 0 Å². The zero-order valence-electron chi connectivity index (χ0n) is 10.6. The smallest absolute Gasteiger partial charge is 0.222 e. The van der Waals surface area contributed by atoms with Crippen LogP contribution in [-0.2, 0) is 4.79 Å². The molecule has 3 nitrogen and oxygen atoms in total. The lowest BCUT2D eigenvalue weighted by Gasteiger charge is -2.19. The van der Waals surface area contributed by atoms with Crippen LogP contribution in [0.2, 0.25) is 0 Å². The van der Waals surface area contributed by atoms with Crippen LogP contribution in [0.4, 0.5) is 0 Å². The average molecular weight is 277 g/mol. The predicted molar refractivity (Wildman–Crippen MR) is 76.3 cm³/mol. The van der Waals surface area contributed by atoms with E-state index >= 15 is 0 Å². The maximum atomic E-state index is 11.8. The summed E-state index contributed by atoms with van der Waals surface area (Å²) in [4.78, 5) is 13.5. The number of likely N-dealkylation sites (N-methyl/N-ethyl adjacent to an activating group) is 1. The summed E-state index contributed by atoms with van der Waals surface area (Å²) in [6.45, 7) is 3.20. The van der Waals surface area contributed by atoms with Crippen LogP contribution in [0.3, 0.4) is 0 Å². The van der Waals surface area contributed by atoms with Gasteiger partial charge in [0, 0.05) is 30.5 Å². The molecule has 0 radical (unpaired) electrons. The van der Waals surface area contributed by atoms with Crippen LogP contribution in [0.1, 0.15) is 39.0 Å². The third-order valence-electron chi connectivity index (χ3n) is 3.00. The Morgan fingerprint density at radius 2 is 2.29 bits per heavy atom. The summed E-state index contributed by atoms with van der Waals surface area (Å²) in [5, 5.41) is 9.65. The van der Waals surface area contributed by atoms with E-state index < -0.39 is 0 Å². The molecule has 0 spiro atoms. The van der Waals surface area contributed by atoms with Crippen LogP contribution in [-0.4, -0.2) is 46.6 Å². The fraction of sp³-hybridized carbons (Fsp3) is 0.917. The minimum absolute atomic E-state index is 0.0650. The molecule has 1 rings (SSSR count). The fourth-order valence-electron chi connectivity index (χ4n) is 1.95. The summed E-state index contributed by atoms with van der Waals surface area (Å²) in [5.41, 5.74) is 0. The molecule has 0 bridgehead atoms. The standard InChI is InChI=1S/C12H23NO2S2/c1-2-13(8-9-14)12(15)6-4-3-5-11-7-10-16-17-11/h11,14H,2-10H2,1H3. The Morgan fingerprint density at radius 1 is 1.47 bits per heavy atom. The monoisotopic (exact) mass is 277 g/mol. The van der Waals surface area contributed by atoms with Crippen molar-refractivity contribution >= 4 is 27.5 Å². The van der Waals surface area contributed by atoms with Crippen molar-refractivity contribution in [1.29, 1.82) is 0 Å². The number of carbonyl (C=O) groups excluding carboxylic acids is 1. The van der Waals surface area contributed by atoms with Crippen LogP contribution >= 0.6 is 21.6 Å². The molecule has 1 aliphatic heterocycles. The molecule has 0 aromatic heterocycles. The topological polar surface area (TPSA) is 40.5 Å². The third kappa shape index (κ3) is 6.02. The van der Waals surface area contributed by atoms with E-state index in [0.29, 0.717) is 19.5 Å². The van der Waals surface area contributed by atoms with Gasteiger partial charge >= 0.3 is 0 Å². The molecule has 1 fully saturated rings. The van der Waals surface area contributed by atoms with Crippen molar-refractivity contribution in [2.75, 3.05) is 25.4 Å². The van der Waals surface area contributed by atoms with Gasteiger partial charge in [-0.15, -0.1) is 0 Å². The zero-order valence-corrected chi connectivity index (χ0v) is 12.2. The average Bonchev–Trinajstić information content (AvgIpc) is 2.84. The van der Waals surface area contributed by atoms with Gasteiger partial charge in [0.1, 0.15) is 0 Å². The molecule has 1 amide bonds. The minimum atomic E-state index is 0.0650. The minimum Gasteiger partial charge on any atom is -0.395 e. The van der Waals surface area contributed by atoms with Crippen molar-refractivity contribution in [3.8, 4) is 0 Å². The van der Waals surface area contributed by atoms with Crippen molar-refractivity contribution in [1.82, 2.24) is 4.90 Å². The lowest BCUT2D eigenvalue weighted by Crippen LogP contribution is -2.33. The van der Waals surface area contributed by atoms with Gasteiger partial charge in [0.05, 0.1) is 6.61 Å². The lowest BCUT2D eigenvalue weighted by atomic mass is 10.1. The van der Waals surface area contributed by atoms with E-state index in [2.05, 4.69) is 0 Å². The number of aliphatic hydroxyl groups excluding tert-OH is 1. The highest BCUT2D eigenvalue weighted by molar-refractivity contribution is 8.77. The molecule has 1 unspecified atom stereocenters. The van der Waals surface area contributed by atoms with E-state index in [-0.39, 0.29) is 12.5 Å². The van der Waals surface area contributed by atoms with E-state index in [4.69, 9.17) is 5.11 Å². The second-order valence-corrected chi connectivity index (χ2v) is 7.06. The maximum absolute atomic E-state index is 11.8. The molecule has 0 aromatic rings. The van der Waals surface area contributed by atoms with Crippen molar-refractivity contribution in [3.05, 3.63) is 0 Å². The number of aliphatic hydroxyl groups is 1. The first kappa shape index (κ1) is 15.2. The number of hydrogen-bond acceptors (Lipinski definition) is 4. The number of unbranched alkanes of at least 4 members (excludes halogenated alkanes) is 1. The number of rotatable bonds is 8. The number of amides is 1. The molecule has 0 saturated carbocycles. The number of carbonyl (C=O) groups is 1. The highest BCUT2D eigenvalue weighted by Gasteiger charge is 2.16. The van der Waals surface area contributed by atoms with Crippen molar-refractivity contribution in [2.45, 2.75) is 44.3 Å². The summed E-state index contributed by atoms with van der Waals surface area (Å²) in [7, 11) is 3.98. The van der Waals surface area contributed by atoms with Gasteiger partial charge in [-0.2, -0.15) is 0 Å². The Kier molecular flexibility index (Phi) is 8.14. The molecule has 0 aliphatic carbocycles. The van der Waals surface area contributed by atoms with Gasteiger partial charge in [-0.05, 0) is 26.2 Å². The summed E-state index contributed by atoms with van der Waals surface area (Å²) in [6, 6.07) is 0. The van der Waals surface area contributed by atoms with Crippen LogP contribution in [0.25, 0.3) is 0 Å². The summed E-state index contributed by atoms with van der Waals surface area (Å²) < 4.78 is 0. The molecule has 1 heterocycles. The van der Waals surface area contributed by atoms with E-state index in [9.17, 15) is 4.79 Å². The second kappa shape index (κ2) is 9.11. The van der Waals surface area contributed by atoms with Gasteiger partial charge in [-0.25, -0.2) is 0 Å². The van der Waals surface area contributed by atoms with E-state index in [1.807, 2.05) is 28.5 Å². The Labute approximate surface area is 112 Å². The molecule has 5 heteroatoms. The maximum Gasteiger partial charge on any atom is 0.222 e. The first-order valence-corrected chi connectivity index (χ1v) is 8.83. The van der Waals surface area contributed by atoms with Gasteiger partial charge < -0.3 is 10.0 Å². The Hall–Kier alpha value is 0.130. The number of hydrogen-bond donors (Lipinski definition) is 1. The molecule has 0 aromatic carbocycles. The molecule has 1 saturated heterocycles. The Bertz CT molecular complexity index is 221. The van der Waals surface area contributed by atoms with E-state index in [1.165, 1.54) is 18.6 Å². The third-order valence-corrected chi connectivity index (χ3v) is 6.01. The Balaban J connectivity index is 2.05. The quantitative estimate of drug-likeness (QED) is 0.547. The summed E-state index contributed by atoms with van der Waals surface area (Å²) in [6.07, 6.45) is 5.35. The van der Waals surface area contributed by atoms with Crippen LogP contribution < -0.4 is 0 Å². The summed E-state index contributed by atoms with van der Waals surface area (Å²) in [5.74, 6) is 1.48. The van der Waals surface area contributed by atoms with Gasteiger partial charge in [-0.3, -0.25) is 4.79 Å². The molecule has 1 aliphatic rings. The first-order valence-electron chi connectivity index (χ1n) is 6.44. The van der Waals surface area contributed by atoms with Crippen molar-refractivity contribution in [3.63, 3.8) is 0 Å². The molecular formula is C12H23NO2S2. The van der Waals surface area contributed by atoms with Crippen LogP contribution in [0.5, 0.6) is 0 Å². The van der Waals surface area contributed by atoms with E-state index in [0.717, 1.165) is 18.1 Å². The predicted octanol–water partition coefficient (Wildman–Crippen LogP) is 2.54. The van der Waals surface area contributed by atoms with Gasteiger partial charge in [-0.1, -0.05) is 28.0 Å². The first-order chi connectivity index (χ1) is 8.27. The molecular weight excluding hydrogens is 254 g/mol. The Morgan fingerprint density at radius 3 is 2.88 bits per heavy atom. The van der Waals surface area contributed by atoms with Crippen molar-refractivity contribution < 1.29 is 9.90 Å².